The molecule has 5 nitrogen and oxygen atoms in total. The van der Waals surface area contributed by atoms with E-state index in [4.69, 9.17) is 5.11 Å². The summed E-state index contributed by atoms with van der Waals surface area (Å²) in [5, 5.41) is 11.0. The first-order valence-corrected chi connectivity index (χ1v) is 4.66. The Bertz CT molecular complexity index is 338. The van der Waals surface area contributed by atoms with Gasteiger partial charge in [-0.15, -0.1) is 0 Å². The number of aliphatic carboxylic acids is 1. The van der Waals surface area contributed by atoms with E-state index >= 15 is 0 Å². The van der Waals surface area contributed by atoms with Gasteiger partial charge >= 0.3 is 5.97 Å². The standard InChI is InChI=1S/C10H12N2O3/c13-9(14)4-2-6-12-10(15)8-3-1-5-11-7-8/h1,3,5,7H,2,4,6H2,(H,12,15)(H,13,14)/p+1. The summed E-state index contributed by atoms with van der Waals surface area (Å²) in [6.45, 7) is 0.375. The van der Waals surface area contributed by atoms with Crippen molar-refractivity contribution in [2.45, 2.75) is 12.8 Å². The molecule has 0 fully saturated rings. The smallest absolute Gasteiger partial charge is 0.303 e. The molecule has 0 aliphatic rings. The van der Waals surface area contributed by atoms with Crippen LogP contribution in [0.5, 0.6) is 0 Å². The van der Waals surface area contributed by atoms with Crippen molar-refractivity contribution >= 4 is 11.9 Å². The van der Waals surface area contributed by atoms with Gasteiger partial charge in [-0.1, -0.05) is 0 Å². The van der Waals surface area contributed by atoms with Gasteiger partial charge in [0.1, 0.15) is 5.56 Å². The maximum Gasteiger partial charge on any atom is 0.303 e. The largest absolute Gasteiger partial charge is 0.481 e. The molecule has 15 heavy (non-hydrogen) atoms. The van der Waals surface area contributed by atoms with Crippen LogP contribution in [0.15, 0.2) is 24.5 Å². The van der Waals surface area contributed by atoms with Crippen molar-refractivity contribution < 1.29 is 19.7 Å². The summed E-state index contributed by atoms with van der Waals surface area (Å²) >= 11 is 0. The first-order chi connectivity index (χ1) is 7.20. The molecule has 0 aliphatic heterocycles. The van der Waals surface area contributed by atoms with Crippen LogP contribution in [-0.4, -0.2) is 23.5 Å². The van der Waals surface area contributed by atoms with E-state index in [9.17, 15) is 9.59 Å². The minimum Gasteiger partial charge on any atom is -0.481 e. The molecule has 0 saturated heterocycles. The molecule has 3 N–H and O–H groups in total. The Morgan fingerprint density at radius 3 is 2.87 bits per heavy atom. The fourth-order valence-electron chi connectivity index (χ4n) is 1.08. The molecule has 0 aromatic carbocycles. The van der Waals surface area contributed by atoms with E-state index in [0.717, 1.165) is 0 Å². The first-order valence-electron chi connectivity index (χ1n) is 4.66. The van der Waals surface area contributed by atoms with Crippen molar-refractivity contribution in [3.8, 4) is 0 Å². The lowest BCUT2D eigenvalue weighted by molar-refractivity contribution is -0.378. The number of carbonyl (C=O) groups excluding carboxylic acids is 1. The van der Waals surface area contributed by atoms with E-state index in [1.54, 1.807) is 24.5 Å². The van der Waals surface area contributed by atoms with Crippen molar-refractivity contribution in [1.82, 2.24) is 5.32 Å². The number of carboxylic acid groups (broad SMARTS) is 1. The topological polar surface area (TPSA) is 80.5 Å². The Kier molecular flexibility index (Phi) is 4.28. The SMILES string of the molecule is O=C(O)CCCNC(=O)c1ccc[nH+]c1. The second-order valence-corrected chi connectivity index (χ2v) is 3.05. The summed E-state index contributed by atoms with van der Waals surface area (Å²) in [6, 6.07) is 3.41. The highest BCUT2D eigenvalue weighted by atomic mass is 16.4. The van der Waals surface area contributed by atoms with Gasteiger partial charge in [-0.2, -0.15) is 0 Å². The number of hydrogen-bond donors (Lipinski definition) is 2. The van der Waals surface area contributed by atoms with Crippen molar-refractivity contribution in [1.29, 1.82) is 0 Å². The molecular formula is C10H13N2O3+. The average Bonchev–Trinajstić information content (AvgIpc) is 2.25. The predicted molar refractivity (Wildman–Crippen MR) is 52.2 cm³/mol. The zero-order valence-corrected chi connectivity index (χ0v) is 8.19. The Balaban J connectivity index is 2.28. The number of carboxylic acids is 1. The second kappa shape index (κ2) is 5.74. The number of H-pyrrole nitrogens is 1. The molecule has 1 rings (SSSR count). The van der Waals surface area contributed by atoms with Crippen LogP contribution in [0.1, 0.15) is 23.2 Å². The van der Waals surface area contributed by atoms with E-state index < -0.39 is 5.97 Å². The van der Waals surface area contributed by atoms with Crippen LogP contribution >= 0.6 is 0 Å². The quantitative estimate of drug-likeness (QED) is 0.674. The Hall–Kier alpha value is -1.91. The summed E-state index contributed by atoms with van der Waals surface area (Å²) in [6.07, 6.45) is 3.81. The predicted octanol–water partition coefficient (Wildman–Crippen LogP) is 0.0953. The lowest BCUT2D eigenvalue weighted by Gasteiger charge is -2.01. The van der Waals surface area contributed by atoms with Crippen LogP contribution in [0.25, 0.3) is 0 Å². The van der Waals surface area contributed by atoms with E-state index in [1.807, 2.05) is 0 Å². The summed E-state index contributed by atoms with van der Waals surface area (Å²) in [4.78, 5) is 24.4. The molecule has 0 radical (unpaired) electrons. The van der Waals surface area contributed by atoms with E-state index in [2.05, 4.69) is 10.3 Å². The van der Waals surface area contributed by atoms with Gasteiger partial charge in [0.2, 0.25) is 0 Å². The van der Waals surface area contributed by atoms with Crippen LogP contribution in [-0.2, 0) is 4.79 Å². The molecule has 5 heteroatoms. The Labute approximate surface area is 87.1 Å². The average molecular weight is 209 g/mol. The van der Waals surface area contributed by atoms with Gasteiger partial charge in [-0.3, -0.25) is 9.59 Å². The van der Waals surface area contributed by atoms with Crippen molar-refractivity contribution in [2.24, 2.45) is 0 Å². The molecule has 1 aromatic rings. The maximum atomic E-state index is 11.4. The summed E-state index contributed by atoms with van der Waals surface area (Å²) in [5.41, 5.74) is 0.535. The van der Waals surface area contributed by atoms with Crippen LogP contribution in [0.2, 0.25) is 0 Å². The maximum absolute atomic E-state index is 11.4. The minimum atomic E-state index is -0.850. The first kappa shape index (κ1) is 11.2. The number of aromatic nitrogens is 1. The van der Waals surface area contributed by atoms with Gasteiger partial charge in [-0.25, -0.2) is 4.98 Å². The van der Waals surface area contributed by atoms with Crippen LogP contribution in [0.3, 0.4) is 0 Å². The lowest BCUT2D eigenvalue weighted by atomic mass is 10.2. The molecule has 0 bridgehead atoms. The highest BCUT2D eigenvalue weighted by Crippen LogP contribution is 1.93. The number of pyridine rings is 1. The van der Waals surface area contributed by atoms with Gasteiger partial charge in [0.25, 0.3) is 5.91 Å². The van der Waals surface area contributed by atoms with E-state index in [0.29, 0.717) is 18.5 Å². The second-order valence-electron chi connectivity index (χ2n) is 3.05. The number of aromatic amines is 1. The third-order valence-electron chi connectivity index (χ3n) is 1.82. The van der Waals surface area contributed by atoms with Gasteiger partial charge < -0.3 is 10.4 Å². The number of rotatable bonds is 5. The van der Waals surface area contributed by atoms with Crippen LogP contribution < -0.4 is 10.3 Å². The van der Waals surface area contributed by atoms with Crippen LogP contribution in [0.4, 0.5) is 0 Å². The van der Waals surface area contributed by atoms with Crippen molar-refractivity contribution in [3.63, 3.8) is 0 Å². The highest BCUT2D eigenvalue weighted by molar-refractivity contribution is 5.93. The molecule has 0 atom stereocenters. The third kappa shape index (κ3) is 4.21. The zero-order valence-electron chi connectivity index (χ0n) is 8.19. The number of amides is 1. The van der Waals surface area contributed by atoms with Crippen LogP contribution in [0, 0.1) is 0 Å². The third-order valence-corrected chi connectivity index (χ3v) is 1.82. The molecule has 1 heterocycles. The van der Waals surface area contributed by atoms with E-state index in [-0.39, 0.29) is 12.3 Å². The number of carbonyl (C=O) groups is 2. The molecule has 0 spiro atoms. The molecule has 1 aromatic heterocycles. The lowest BCUT2D eigenvalue weighted by Crippen LogP contribution is -2.25. The molecule has 1 amide bonds. The summed E-state index contributed by atoms with van der Waals surface area (Å²) in [7, 11) is 0. The molecular weight excluding hydrogens is 196 g/mol. The van der Waals surface area contributed by atoms with Crippen molar-refractivity contribution in [2.75, 3.05) is 6.54 Å². The fourth-order valence-corrected chi connectivity index (χ4v) is 1.08. The summed E-state index contributed by atoms with van der Waals surface area (Å²) in [5.74, 6) is -1.05. The molecule has 0 saturated carbocycles. The van der Waals surface area contributed by atoms with Gasteiger partial charge in [0, 0.05) is 19.0 Å². The highest BCUT2D eigenvalue weighted by Gasteiger charge is 2.06. The fraction of sp³-hybridized carbons (Fsp3) is 0.300. The van der Waals surface area contributed by atoms with Crippen molar-refractivity contribution in [3.05, 3.63) is 30.1 Å². The number of nitrogens with one attached hydrogen (secondary N) is 2. The van der Waals surface area contributed by atoms with Gasteiger partial charge in [0.05, 0.1) is 0 Å². The van der Waals surface area contributed by atoms with Gasteiger partial charge in [0.15, 0.2) is 12.4 Å². The molecule has 0 unspecified atom stereocenters. The minimum absolute atomic E-state index is 0.0706. The monoisotopic (exact) mass is 209 g/mol. The van der Waals surface area contributed by atoms with E-state index in [1.165, 1.54) is 0 Å². The number of hydrogen-bond acceptors (Lipinski definition) is 2. The Morgan fingerprint density at radius 1 is 1.47 bits per heavy atom. The normalized spacial score (nSPS) is 9.60. The Morgan fingerprint density at radius 2 is 2.27 bits per heavy atom. The summed E-state index contributed by atoms with van der Waals surface area (Å²) < 4.78 is 0. The van der Waals surface area contributed by atoms with Gasteiger partial charge in [-0.05, 0) is 12.5 Å². The zero-order chi connectivity index (χ0) is 11.1. The molecule has 0 aliphatic carbocycles. The molecule has 80 valence electrons.